The summed E-state index contributed by atoms with van der Waals surface area (Å²) in [6, 6.07) is 5.23. The van der Waals surface area contributed by atoms with Gasteiger partial charge in [-0.05, 0) is 19.1 Å². The Labute approximate surface area is 149 Å². The van der Waals surface area contributed by atoms with Crippen molar-refractivity contribution < 1.29 is 23.4 Å². The number of ether oxygens (including phenoxy) is 3. The fraction of sp³-hybridized carbons (Fsp3) is 0.294. The summed E-state index contributed by atoms with van der Waals surface area (Å²) in [6.45, 7) is 2.01. The molecule has 0 saturated carbocycles. The fourth-order valence-electron chi connectivity index (χ4n) is 2.18. The molecule has 0 aliphatic heterocycles. The molecule has 0 fully saturated rings. The van der Waals surface area contributed by atoms with Crippen LogP contribution in [0.4, 0.5) is 10.1 Å². The van der Waals surface area contributed by atoms with Gasteiger partial charge in [-0.25, -0.2) is 14.2 Å². The number of aromatic nitrogens is 1. The van der Waals surface area contributed by atoms with Gasteiger partial charge in [0.1, 0.15) is 17.1 Å². The van der Waals surface area contributed by atoms with Gasteiger partial charge in [0.25, 0.3) is 0 Å². The van der Waals surface area contributed by atoms with Crippen LogP contribution in [0.1, 0.15) is 22.8 Å². The number of hydrogen-bond donors (Lipinski definition) is 1. The zero-order valence-corrected chi connectivity index (χ0v) is 14.8. The zero-order chi connectivity index (χ0) is 18.4. The molecule has 0 radical (unpaired) electrons. The SMILES string of the molecule is CCOC(=O)c1cnc(Cl)c(F)c1NCc1ccc(OC)cc1OC. The molecule has 134 valence electrons. The molecule has 1 aromatic heterocycles. The Balaban J connectivity index is 2.31. The summed E-state index contributed by atoms with van der Waals surface area (Å²) in [4.78, 5) is 15.7. The summed E-state index contributed by atoms with van der Waals surface area (Å²) in [5.41, 5.74) is 0.637. The van der Waals surface area contributed by atoms with Crippen LogP contribution >= 0.6 is 11.6 Å². The molecule has 2 aromatic rings. The number of esters is 1. The molecule has 0 spiro atoms. The number of rotatable bonds is 7. The summed E-state index contributed by atoms with van der Waals surface area (Å²) in [5.74, 6) is -0.314. The first-order valence-electron chi connectivity index (χ1n) is 7.47. The zero-order valence-electron chi connectivity index (χ0n) is 14.1. The summed E-state index contributed by atoms with van der Waals surface area (Å²) in [5, 5.41) is 2.53. The molecule has 0 aliphatic carbocycles. The number of carbonyl (C=O) groups excluding carboxylic acids is 1. The molecule has 2 rings (SSSR count). The first-order chi connectivity index (χ1) is 12.0. The molecule has 0 bridgehead atoms. The topological polar surface area (TPSA) is 69.7 Å². The smallest absolute Gasteiger partial charge is 0.341 e. The van der Waals surface area contributed by atoms with Gasteiger partial charge in [0, 0.05) is 24.4 Å². The van der Waals surface area contributed by atoms with Crippen molar-refractivity contribution in [2.75, 3.05) is 26.1 Å². The average Bonchev–Trinajstić information content (AvgIpc) is 2.62. The maximum atomic E-state index is 14.4. The molecule has 25 heavy (non-hydrogen) atoms. The summed E-state index contributed by atoms with van der Waals surface area (Å²) >= 11 is 5.73. The lowest BCUT2D eigenvalue weighted by molar-refractivity contribution is 0.0526. The normalized spacial score (nSPS) is 10.3. The summed E-state index contributed by atoms with van der Waals surface area (Å²) in [6.07, 6.45) is 1.18. The minimum Gasteiger partial charge on any atom is -0.497 e. The Kier molecular flexibility index (Phi) is 6.41. The second-order valence-corrected chi connectivity index (χ2v) is 5.26. The Morgan fingerprint density at radius 2 is 2.08 bits per heavy atom. The second kappa shape index (κ2) is 8.53. The van der Waals surface area contributed by atoms with Crippen molar-refractivity contribution in [3.05, 3.63) is 46.5 Å². The number of halogens is 2. The van der Waals surface area contributed by atoms with Crippen LogP contribution in [0.5, 0.6) is 11.5 Å². The number of pyridine rings is 1. The third-order valence-electron chi connectivity index (χ3n) is 3.42. The van der Waals surface area contributed by atoms with Crippen molar-refractivity contribution in [2.24, 2.45) is 0 Å². The van der Waals surface area contributed by atoms with E-state index in [4.69, 9.17) is 25.8 Å². The standard InChI is InChI=1S/C17H18ClFN2O4/c1-4-25-17(22)12-9-21-16(18)14(19)15(12)20-8-10-5-6-11(23-2)7-13(10)24-3/h5-7,9H,4,8H2,1-3H3,(H,20,21). The summed E-state index contributed by atoms with van der Waals surface area (Å²) < 4.78 is 29.7. The predicted octanol–water partition coefficient (Wildman–Crippen LogP) is 3.68. The molecule has 0 aliphatic rings. The molecule has 0 amide bonds. The van der Waals surface area contributed by atoms with E-state index in [1.165, 1.54) is 13.3 Å². The van der Waals surface area contributed by atoms with E-state index in [0.717, 1.165) is 5.56 Å². The molecule has 1 heterocycles. The number of hydrogen-bond acceptors (Lipinski definition) is 6. The number of methoxy groups -OCH3 is 2. The fourth-order valence-corrected chi connectivity index (χ4v) is 2.33. The number of nitrogens with one attached hydrogen (secondary N) is 1. The molecule has 0 unspecified atom stereocenters. The number of carbonyl (C=O) groups is 1. The Hall–Kier alpha value is -2.54. The molecular weight excluding hydrogens is 351 g/mol. The molecule has 1 N–H and O–H groups in total. The Morgan fingerprint density at radius 3 is 2.72 bits per heavy atom. The van der Waals surface area contributed by atoms with Crippen LogP contribution in [0.25, 0.3) is 0 Å². The number of anilines is 1. The molecule has 1 aromatic carbocycles. The van der Waals surface area contributed by atoms with Crippen molar-refractivity contribution in [3.63, 3.8) is 0 Å². The molecule has 8 heteroatoms. The number of nitrogens with zero attached hydrogens (tertiary/aromatic N) is 1. The lowest BCUT2D eigenvalue weighted by atomic mass is 10.1. The van der Waals surface area contributed by atoms with E-state index < -0.39 is 11.8 Å². The van der Waals surface area contributed by atoms with Gasteiger partial charge in [0.2, 0.25) is 0 Å². The van der Waals surface area contributed by atoms with E-state index in [1.54, 1.807) is 32.2 Å². The van der Waals surface area contributed by atoms with E-state index in [9.17, 15) is 9.18 Å². The van der Waals surface area contributed by atoms with Gasteiger partial charge in [-0.3, -0.25) is 0 Å². The van der Waals surface area contributed by atoms with Gasteiger partial charge in [-0.2, -0.15) is 0 Å². The minimum atomic E-state index is -0.820. The van der Waals surface area contributed by atoms with Gasteiger partial charge >= 0.3 is 5.97 Å². The monoisotopic (exact) mass is 368 g/mol. The van der Waals surface area contributed by atoms with E-state index in [2.05, 4.69) is 10.3 Å². The van der Waals surface area contributed by atoms with Gasteiger partial charge in [-0.15, -0.1) is 0 Å². The maximum Gasteiger partial charge on any atom is 0.341 e. The molecule has 0 saturated heterocycles. The Bertz CT molecular complexity index is 771. The van der Waals surface area contributed by atoms with Crippen LogP contribution in [0.3, 0.4) is 0 Å². The van der Waals surface area contributed by atoms with Gasteiger partial charge in [-0.1, -0.05) is 11.6 Å². The van der Waals surface area contributed by atoms with Crippen LogP contribution in [-0.4, -0.2) is 31.8 Å². The number of benzene rings is 1. The average molecular weight is 369 g/mol. The third kappa shape index (κ3) is 4.30. The lowest BCUT2D eigenvalue weighted by Gasteiger charge is -2.15. The van der Waals surface area contributed by atoms with Crippen molar-refractivity contribution >= 4 is 23.3 Å². The van der Waals surface area contributed by atoms with Crippen LogP contribution < -0.4 is 14.8 Å². The van der Waals surface area contributed by atoms with Crippen molar-refractivity contribution in [3.8, 4) is 11.5 Å². The largest absolute Gasteiger partial charge is 0.497 e. The van der Waals surface area contributed by atoms with E-state index in [1.807, 2.05) is 0 Å². The van der Waals surface area contributed by atoms with E-state index in [-0.39, 0.29) is 29.6 Å². The molecule has 0 atom stereocenters. The highest BCUT2D eigenvalue weighted by atomic mass is 35.5. The quantitative estimate of drug-likeness (QED) is 0.594. The Morgan fingerprint density at radius 1 is 1.32 bits per heavy atom. The minimum absolute atomic E-state index is 0.0313. The highest BCUT2D eigenvalue weighted by Gasteiger charge is 2.20. The highest BCUT2D eigenvalue weighted by Crippen LogP contribution is 2.29. The van der Waals surface area contributed by atoms with Crippen LogP contribution in [0.15, 0.2) is 24.4 Å². The van der Waals surface area contributed by atoms with Crippen molar-refractivity contribution in [1.82, 2.24) is 4.98 Å². The summed E-state index contributed by atoms with van der Waals surface area (Å²) in [7, 11) is 3.07. The van der Waals surface area contributed by atoms with Crippen LogP contribution in [-0.2, 0) is 11.3 Å². The first kappa shape index (κ1) is 18.8. The molecular formula is C17H18ClFN2O4. The van der Waals surface area contributed by atoms with Crippen molar-refractivity contribution in [2.45, 2.75) is 13.5 Å². The first-order valence-corrected chi connectivity index (χ1v) is 7.85. The predicted molar refractivity (Wildman–Crippen MR) is 92.0 cm³/mol. The van der Waals surface area contributed by atoms with E-state index in [0.29, 0.717) is 11.5 Å². The van der Waals surface area contributed by atoms with Crippen LogP contribution in [0.2, 0.25) is 5.15 Å². The van der Waals surface area contributed by atoms with Crippen LogP contribution in [0, 0.1) is 5.82 Å². The van der Waals surface area contributed by atoms with Gasteiger partial charge in [0.05, 0.1) is 26.5 Å². The lowest BCUT2D eigenvalue weighted by Crippen LogP contribution is -2.13. The molecule has 6 nitrogen and oxygen atoms in total. The highest BCUT2D eigenvalue weighted by molar-refractivity contribution is 6.30. The van der Waals surface area contributed by atoms with Gasteiger partial charge in [0.15, 0.2) is 11.0 Å². The van der Waals surface area contributed by atoms with Gasteiger partial charge < -0.3 is 19.5 Å². The maximum absolute atomic E-state index is 14.4. The van der Waals surface area contributed by atoms with Crippen molar-refractivity contribution in [1.29, 1.82) is 0 Å². The third-order valence-corrected chi connectivity index (χ3v) is 3.69. The second-order valence-electron chi connectivity index (χ2n) is 4.90. The van der Waals surface area contributed by atoms with E-state index >= 15 is 0 Å².